The van der Waals surface area contributed by atoms with Crippen LogP contribution in [0.2, 0.25) is 0 Å². The molecule has 1 fully saturated rings. The number of carbonyl (C=O) groups excluding carboxylic acids is 1. The summed E-state index contributed by atoms with van der Waals surface area (Å²) in [6.07, 6.45) is 4.84. The Balaban J connectivity index is 1.46. The van der Waals surface area contributed by atoms with Crippen LogP contribution in [0.3, 0.4) is 0 Å². The maximum atomic E-state index is 13.1. The van der Waals surface area contributed by atoms with Crippen LogP contribution in [-0.2, 0) is 26.0 Å². The van der Waals surface area contributed by atoms with Gasteiger partial charge in [0.15, 0.2) is 0 Å². The lowest BCUT2D eigenvalue weighted by atomic mass is 9.74. The average Bonchev–Trinajstić information content (AvgIpc) is 2.88. The number of ether oxygens (including phenoxy) is 2. The van der Waals surface area contributed by atoms with E-state index in [0.29, 0.717) is 16.9 Å². The van der Waals surface area contributed by atoms with Gasteiger partial charge in [0, 0.05) is 25.2 Å². The highest BCUT2D eigenvalue weighted by molar-refractivity contribution is 7.89. The molecule has 216 valence electrons. The predicted molar refractivity (Wildman–Crippen MR) is 155 cm³/mol. The molecule has 1 amide bonds. The Hall–Kier alpha value is -2.46. The molecule has 0 bridgehead atoms. The van der Waals surface area contributed by atoms with E-state index in [1.807, 2.05) is 0 Å². The van der Waals surface area contributed by atoms with Crippen LogP contribution in [0.4, 0.5) is 0 Å². The van der Waals surface area contributed by atoms with Crippen LogP contribution < -0.4 is 10.1 Å². The van der Waals surface area contributed by atoms with Gasteiger partial charge < -0.3 is 19.7 Å². The fourth-order valence-electron chi connectivity index (χ4n) is 5.58. The van der Waals surface area contributed by atoms with Crippen molar-refractivity contribution < 1.29 is 22.7 Å². The molecule has 1 aliphatic carbocycles. The number of hydrogen-bond donors (Lipinski definition) is 1. The van der Waals surface area contributed by atoms with E-state index in [0.717, 1.165) is 32.1 Å². The molecule has 0 heterocycles. The number of carbonyl (C=O) groups is 1. The Morgan fingerprint density at radius 3 is 2.21 bits per heavy atom. The minimum atomic E-state index is -3.70. The second-order valence-corrected chi connectivity index (χ2v) is 13.0. The lowest BCUT2D eigenvalue weighted by Crippen LogP contribution is -2.52. The normalized spacial score (nSPS) is 19.9. The van der Waals surface area contributed by atoms with Gasteiger partial charge in [-0.15, -0.1) is 0 Å². The van der Waals surface area contributed by atoms with E-state index in [9.17, 15) is 13.2 Å². The van der Waals surface area contributed by atoms with Gasteiger partial charge in [0.25, 0.3) is 0 Å². The number of hydrogen-bond acceptors (Lipinski definition) is 6. The van der Waals surface area contributed by atoms with Crippen molar-refractivity contribution in [2.24, 2.45) is 0 Å². The van der Waals surface area contributed by atoms with Gasteiger partial charge in [-0.25, -0.2) is 8.42 Å². The van der Waals surface area contributed by atoms with Crippen molar-refractivity contribution in [1.82, 2.24) is 14.5 Å². The van der Waals surface area contributed by atoms with E-state index >= 15 is 0 Å². The number of likely N-dealkylation sites (N-methyl/N-ethyl adjacent to an activating group) is 2. The molecule has 0 atom stereocenters. The third-order valence-electron chi connectivity index (χ3n) is 8.13. The molecule has 0 unspecified atom stereocenters. The summed E-state index contributed by atoms with van der Waals surface area (Å²) in [5.74, 6) is 0.459. The van der Waals surface area contributed by atoms with Crippen LogP contribution >= 0.6 is 0 Å². The maximum absolute atomic E-state index is 13.1. The molecule has 3 rings (SSSR count). The monoisotopic (exact) mass is 559 g/mol. The number of benzene rings is 2. The van der Waals surface area contributed by atoms with E-state index < -0.39 is 10.0 Å². The first-order valence-corrected chi connectivity index (χ1v) is 15.0. The Morgan fingerprint density at radius 2 is 1.64 bits per heavy atom. The minimum absolute atomic E-state index is 0.0838. The van der Waals surface area contributed by atoms with Crippen molar-refractivity contribution in [3.63, 3.8) is 0 Å². The van der Waals surface area contributed by atoms with Crippen LogP contribution in [0.1, 0.15) is 47.9 Å². The molecule has 1 N–H and O–H groups in total. The third-order valence-corrected chi connectivity index (χ3v) is 10.3. The quantitative estimate of drug-likeness (QED) is 0.398. The first-order chi connectivity index (χ1) is 18.4. The van der Waals surface area contributed by atoms with Crippen LogP contribution in [0, 0.1) is 20.8 Å². The number of nitrogens with zero attached hydrogens (tertiary/aromatic N) is 2. The van der Waals surface area contributed by atoms with Crippen LogP contribution in [0.25, 0.3) is 0 Å². The summed E-state index contributed by atoms with van der Waals surface area (Å²) in [7, 11) is 3.69. The van der Waals surface area contributed by atoms with E-state index in [1.165, 1.54) is 22.5 Å². The molecule has 9 heteroatoms. The molecule has 0 radical (unpaired) electrons. The highest BCUT2D eigenvalue weighted by atomic mass is 32.2. The van der Waals surface area contributed by atoms with E-state index in [4.69, 9.17) is 9.47 Å². The van der Waals surface area contributed by atoms with Crippen molar-refractivity contribution in [2.45, 2.75) is 69.4 Å². The summed E-state index contributed by atoms with van der Waals surface area (Å²) in [5, 5.41) is 3.11. The molecule has 2 aromatic carbocycles. The van der Waals surface area contributed by atoms with Gasteiger partial charge >= 0.3 is 0 Å². The Kier molecular flexibility index (Phi) is 10.6. The van der Waals surface area contributed by atoms with Crippen molar-refractivity contribution in [2.75, 3.05) is 48.0 Å². The number of nitrogens with one attached hydrogen (secondary N) is 1. The SMILES string of the molecule is COc1cc(C)c(S(=O)(=O)N(C)CCOCC(=O)NC2CCC(Cc3ccccc3C)(N(C)C)CC2)c(C)c1. The van der Waals surface area contributed by atoms with E-state index in [1.54, 1.807) is 33.1 Å². The summed E-state index contributed by atoms with van der Waals surface area (Å²) >= 11 is 0. The number of aryl methyl sites for hydroxylation is 3. The summed E-state index contributed by atoms with van der Waals surface area (Å²) in [6, 6.07) is 12.1. The summed E-state index contributed by atoms with van der Waals surface area (Å²) in [4.78, 5) is 15.2. The molecule has 1 saturated carbocycles. The molecule has 0 saturated heterocycles. The number of methoxy groups -OCH3 is 1. The molecular formula is C30H45N3O5S. The lowest BCUT2D eigenvalue weighted by Gasteiger charge is -2.45. The van der Waals surface area contributed by atoms with Crippen LogP contribution in [0.15, 0.2) is 41.3 Å². The maximum Gasteiger partial charge on any atom is 0.246 e. The van der Waals surface area contributed by atoms with Crippen molar-refractivity contribution >= 4 is 15.9 Å². The minimum Gasteiger partial charge on any atom is -0.497 e. The summed E-state index contributed by atoms with van der Waals surface area (Å²) < 4.78 is 38.4. The lowest BCUT2D eigenvalue weighted by molar-refractivity contribution is -0.126. The Labute approximate surface area is 234 Å². The molecule has 39 heavy (non-hydrogen) atoms. The van der Waals surface area contributed by atoms with Crippen molar-refractivity contribution in [1.29, 1.82) is 0 Å². The fraction of sp³-hybridized carbons (Fsp3) is 0.567. The second kappa shape index (κ2) is 13.3. The Bertz CT molecular complexity index is 1210. The van der Waals surface area contributed by atoms with Crippen molar-refractivity contribution in [3.05, 3.63) is 58.7 Å². The highest BCUT2D eigenvalue weighted by Crippen LogP contribution is 2.36. The molecule has 0 aromatic heterocycles. The van der Waals surface area contributed by atoms with Gasteiger partial charge in [0.05, 0.1) is 18.6 Å². The molecule has 1 aliphatic rings. The van der Waals surface area contributed by atoms with Crippen molar-refractivity contribution in [3.8, 4) is 5.75 Å². The van der Waals surface area contributed by atoms with Gasteiger partial charge in [-0.2, -0.15) is 4.31 Å². The number of amides is 1. The number of sulfonamides is 1. The van der Waals surface area contributed by atoms with E-state index in [2.05, 4.69) is 55.5 Å². The first kappa shape index (κ1) is 31.1. The second-order valence-electron chi connectivity index (χ2n) is 11.0. The van der Waals surface area contributed by atoms with Gasteiger partial charge in [0.2, 0.25) is 15.9 Å². The number of rotatable bonds is 12. The zero-order chi connectivity index (χ0) is 28.8. The van der Waals surface area contributed by atoms with Crippen LogP contribution in [0.5, 0.6) is 5.75 Å². The van der Waals surface area contributed by atoms with Gasteiger partial charge in [-0.3, -0.25) is 4.79 Å². The fourth-order valence-corrected chi connectivity index (χ4v) is 7.14. The predicted octanol–water partition coefficient (Wildman–Crippen LogP) is 3.86. The summed E-state index contributed by atoms with van der Waals surface area (Å²) in [6.45, 7) is 5.86. The topological polar surface area (TPSA) is 88.2 Å². The van der Waals surface area contributed by atoms with E-state index in [-0.39, 0.29) is 42.1 Å². The standard InChI is InChI=1S/C30H45N3O5S/c1-22-10-8-9-11-25(22)20-30(32(4)5)14-12-26(13-15-30)31-28(34)21-38-17-16-33(6)39(35,36)29-23(2)18-27(37-7)19-24(29)3/h8-11,18-19,26H,12-17,20-21H2,1-7H3,(H,31,34). The highest BCUT2D eigenvalue weighted by Gasteiger charge is 2.38. The Morgan fingerprint density at radius 1 is 1.03 bits per heavy atom. The molecule has 2 aromatic rings. The largest absolute Gasteiger partial charge is 0.497 e. The summed E-state index contributed by atoms with van der Waals surface area (Å²) in [5.41, 5.74) is 4.04. The molecule has 0 aliphatic heterocycles. The average molecular weight is 560 g/mol. The van der Waals surface area contributed by atoms with Gasteiger partial charge in [-0.05, 0) is 101 Å². The zero-order valence-electron chi connectivity index (χ0n) is 24.5. The third kappa shape index (κ3) is 7.60. The smallest absolute Gasteiger partial charge is 0.246 e. The molecule has 0 spiro atoms. The zero-order valence-corrected chi connectivity index (χ0v) is 25.4. The first-order valence-electron chi connectivity index (χ1n) is 13.6. The van der Waals surface area contributed by atoms with Gasteiger partial charge in [-0.1, -0.05) is 24.3 Å². The van der Waals surface area contributed by atoms with Gasteiger partial charge in [0.1, 0.15) is 12.4 Å². The molecular weight excluding hydrogens is 514 g/mol. The van der Waals surface area contributed by atoms with Crippen LogP contribution in [-0.4, -0.2) is 83.1 Å². The molecule has 8 nitrogen and oxygen atoms in total.